The van der Waals surface area contributed by atoms with Crippen LogP contribution in [0, 0.1) is 5.82 Å². The Morgan fingerprint density at radius 1 is 1.26 bits per heavy atom. The summed E-state index contributed by atoms with van der Waals surface area (Å²) in [5, 5.41) is 8.77. The molecule has 0 atom stereocenters. The van der Waals surface area contributed by atoms with E-state index in [1.807, 2.05) is 0 Å². The highest BCUT2D eigenvalue weighted by Crippen LogP contribution is 2.22. The summed E-state index contributed by atoms with van der Waals surface area (Å²) in [4.78, 5) is 10.8. The highest BCUT2D eigenvalue weighted by atomic mass is 19.4. The van der Waals surface area contributed by atoms with Gasteiger partial charge in [-0.25, -0.2) is 9.18 Å². The summed E-state index contributed by atoms with van der Waals surface area (Å²) >= 11 is 0. The van der Waals surface area contributed by atoms with Gasteiger partial charge < -0.3 is 14.6 Å². The minimum atomic E-state index is -4.45. The third-order valence-electron chi connectivity index (χ3n) is 1.94. The van der Waals surface area contributed by atoms with Crippen LogP contribution in [-0.2, 0) is 4.74 Å². The second kappa shape index (κ2) is 6.37. The maximum Gasteiger partial charge on any atom is 0.411 e. The third-order valence-corrected chi connectivity index (χ3v) is 1.94. The highest BCUT2D eigenvalue weighted by molar-refractivity contribution is 5.90. The van der Waals surface area contributed by atoms with Gasteiger partial charge in [-0.3, -0.25) is 0 Å². The van der Waals surface area contributed by atoms with E-state index in [1.54, 1.807) is 0 Å². The van der Waals surface area contributed by atoms with E-state index in [4.69, 9.17) is 9.84 Å². The third kappa shape index (κ3) is 5.12. The summed E-state index contributed by atoms with van der Waals surface area (Å²) in [7, 11) is 0. The van der Waals surface area contributed by atoms with Gasteiger partial charge in [0.1, 0.15) is 18.8 Å². The first-order chi connectivity index (χ1) is 8.81. The lowest BCUT2D eigenvalue weighted by molar-refractivity contribution is -0.175. The number of carboxylic acids is 1. The number of hydrogen-bond donors (Lipinski definition) is 1. The van der Waals surface area contributed by atoms with Crippen molar-refractivity contribution < 1.29 is 36.9 Å². The van der Waals surface area contributed by atoms with Crippen molar-refractivity contribution in [3.05, 3.63) is 29.6 Å². The average Bonchev–Trinajstić information content (AvgIpc) is 2.28. The number of halogens is 4. The minimum absolute atomic E-state index is 0.392. The van der Waals surface area contributed by atoms with Crippen LogP contribution in [0.5, 0.6) is 5.75 Å². The zero-order valence-corrected chi connectivity index (χ0v) is 9.54. The van der Waals surface area contributed by atoms with Crippen LogP contribution in [0.1, 0.15) is 10.4 Å². The molecule has 1 rings (SSSR count). The Balaban J connectivity index is 2.52. The Labute approximate surface area is 105 Å². The minimum Gasteiger partial charge on any atom is -0.487 e. The molecule has 106 valence electrons. The first-order valence-corrected chi connectivity index (χ1v) is 5.10. The maximum absolute atomic E-state index is 13.3. The van der Waals surface area contributed by atoms with Gasteiger partial charge in [0.2, 0.25) is 0 Å². The molecular weight excluding hydrogens is 272 g/mol. The second-order valence-electron chi connectivity index (χ2n) is 3.44. The molecule has 19 heavy (non-hydrogen) atoms. The van der Waals surface area contributed by atoms with Crippen LogP contribution in [0.2, 0.25) is 0 Å². The van der Waals surface area contributed by atoms with Crippen molar-refractivity contribution in [1.82, 2.24) is 0 Å². The number of carbonyl (C=O) groups is 1. The number of hydrogen-bond acceptors (Lipinski definition) is 3. The molecule has 0 heterocycles. The molecule has 0 aliphatic heterocycles. The van der Waals surface area contributed by atoms with Gasteiger partial charge in [-0.2, -0.15) is 13.2 Å². The largest absolute Gasteiger partial charge is 0.487 e. The summed E-state index contributed by atoms with van der Waals surface area (Å²) in [6, 6.07) is 3.29. The lowest BCUT2D eigenvalue weighted by Crippen LogP contribution is -2.20. The van der Waals surface area contributed by atoms with Gasteiger partial charge >= 0.3 is 12.1 Å². The maximum atomic E-state index is 13.3. The van der Waals surface area contributed by atoms with Gasteiger partial charge in [0, 0.05) is 0 Å². The standard InChI is InChI=1S/C11H10F4O4/c12-8-3-1-2-7(10(16)17)9(8)19-5-4-18-6-11(13,14)15/h1-3H,4-6H2,(H,16,17). The first kappa shape index (κ1) is 15.2. The Bertz CT molecular complexity index is 445. The molecule has 0 radical (unpaired) electrons. The van der Waals surface area contributed by atoms with Gasteiger partial charge in [-0.05, 0) is 12.1 Å². The van der Waals surface area contributed by atoms with Crippen LogP contribution < -0.4 is 4.74 Å². The molecule has 4 nitrogen and oxygen atoms in total. The van der Waals surface area contributed by atoms with Gasteiger partial charge in [0.25, 0.3) is 0 Å². The zero-order chi connectivity index (χ0) is 14.5. The Morgan fingerprint density at radius 2 is 1.95 bits per heavy atom. The van der Waals surface area contributed by atoms with Crippen LogP contribution >= 0.6 is 0 Å². The molecule has 0 fully saturated rings. The molecule has 1 N–H and O–H groups in total. The SMILES string of the molecule is O=C(O)c1cccc(F)c1OCCOCC(F)(F)F. The Kier molecular flexibility index (Phi) is 5.11. The number of benzene rings is 1. The van der Waals surface area contributed by atoms with Crippen LogP contribution in [-0.4, -0.2) is 37.1 Å². The number of aromatic carboxylic acids is 1. The molecular formula is C11H10F4O4. The molecule has 0 saturated heterocycles. The molecule has 0 amide bonds. The van der Waals surface area contributed by atoms with Gasteiger partial charge in [0.15, 0.2) is 11.6 Å². The number of alkyl halides is 3. The van der Waals surface area contributed by atoms with Crippen molar-refractivity contribution in [2.24, 2.45) is 0 Å². The summed E-state index contributed by atoms with van der Waals surface area (Å²) in [6.07, 6.45) is -4.45. The van der Waals surface area contributed by atoms with E-state index in [9.17, 15) is 22.4 Å². The van der Waals surface area contributed by atoms with Gasteiger partial charge in [0.05, 0.1) is 6.61 Å². The lowest BCUT2D eigenvalue weighted by Gasteiger charge is -2.11. The van der Waals surface area contributed by atoms with E-state index in [2.05, 4.69) is 4.74 Å². The van der Waals surface area contributed by atoms with E-state index in [1.165, 1.54) is 6.07 Å². The molecule has 1 aromatic carbocycles. The fraction of sp³-hybridized carbons (Fsp3) is 0.364. The summed E-state index contributed by atoms with van der Waals surface area (Å²) in [6.45, 7) is -2.27. The average molecular weight is 282 g/mol. The molecule has 0 aliphatic carbocycles. The number of para-hydroxylation sites is 1. The van der Waals surface area contributed by atoms with Crippen LogP contribution in [0.25, 0.3) is 0 Å². The topological polar surface area (TPSA) is 55.8 Å². The highest BCUT2D eigenvalue weighted by Gasteiger charge is 2.27. The van der Waals surface area contributed by atoms with Crippen molar-refractivity contribution in [2.45, 2.75) is 6.18 Å². The Morgan fingerprint density at radius 3 is 2.53 bits per heavy atom. The van der Waals surface area contributed by atoms with Crippen LogP contribution in [0.15, 0.2) is 18.2 Å². The smallest absolute Gasteiger partial charge is 0.411 e. The lowest BCUT2D eigenvalue weighted by atomic mass is 10.2. The normalized spacial score (nSPS) is 11.4. The summed E-state index contributed by atoms with van der Waals surface area (Å²) < 4.78 is 57.5. The molecule has 0 bridgehead atoms. The van der Waals surface area contributed by atoms with E-state index < -0.39 is 49.1 Å². The van der Waals surface area contributed by atoms with Crippen LogP contribution in [0.3, 0.4) is 0 Å². The van der Waals surface area contributed by atoms with E-state index in [0.717, 1.165) is 12.1 Å². The van der Waals surface area contributed by atoms with Crippen molar-refractivity contribution in [2.75, 3.05) is 19.8 Å². The molecule has 0 unspecified atom stereocenters. The summed E-state index contributed by atoms with van der Waals surface area (Å²) in [5.74, 6) is -2.83. The van der Waals surface area contributed by atoms with Crippen molar-refractivity contribution in [1.29, 1.82) is 0 Å². The quantitative estimate of drug-likeness (QED) is 0.643. The van der Waals surface area contributed by atoms with E-state index >= 15 is 0 Å². The van der Waals surface area contributed by atoms with E-state index in [-0.39, 0.29) is 0 Å². The van der Waals surface area contributed by atoms with E-state index in [0.29, 0.717) is 0 Å². The predicted molar refractivity (Wildman–Crippen MR) is 55.7 cm³/mol. The Hall–Kier alpha value is -1.83. The summed E-state index contributed by atoms with van der Waals surface area (Å²) in [5.41, 5.74) is -0.407. The fourth-order valence-electron chi connectivity index (χ4n) is 1.21. The zero-order valence-electron chi connectivity index (χ0n) is 9.54. The molecule has 8 heteroatoms. The fourth-order valence-corrected chi connectivity index (χ4v) is 1.21. The first-order valence-electron chi connectivity index (χ1n) is 5.10. The molecule has 0 aromatic heterocycles. The van der Waals surface area contributed by atoms with Crippen LogP contribution in [0.4, 0.5) is 17.6 Å². The second-order valence-corrected chi connectivity index (χ2v) is 3.44. The van der Waals surface area contributed by atoms with Crippen molar-refractivity contribution in [3.8, 4) is 5.75 Å². The molecule has 1 aromatic rings. The number of rotatable bonds is 6. The van der Waals surface area contributed by atoms with Gasteiger partial charge in [-0.15, -0.1) is 0 Å². The molecule has 0 aliphatic rings. The van der Waals surface area contributed by atoms with Crippen molar-refractivity contribution in [3.63, 3.8) is 0 Å². The number of carboxylic acid groups (broad SMARTS) is 1. The number of ether oxygens (including phenoxy) is 2. The molecule has 0 spiro atoms. The van der Waals surface area contributed by atoms with Gasteiger partial charge in [-0.1, -0.05) is 6.07 Å². The molecule has 0 saturated carbocycles. The van der Waals surface area contributed by atoms with Crippen molar-refractivity contribution >= 4 is 5.97 Å². The monoisotopic (exact) mass is 282 g/mol. The predicted octanol–water partition coefficient (Wildman–Crippen LogP) is 2.48.